The van der Waals surface area contributed by atoms with Crippen molar-refractivity contribution in [3.8, 4) is 0 Å². The summed E-state index contributed by atoms with van der Waals surface area (Å²) >= 11 is 0. The molecule has 0 radical (unpaired) electrons. The first-order valence-electron chi connectivity index (χ1n) is 13.5. The van der Waals surface area contributed by atoms with Crippen LogP contribution >= 0.6 is 0 Å². The normalized spacial score (nSPS) is 53.1. The van der Waals surface area contributed by atoms with Crippen molar-refractivity contribution in [3.63, 3.8) is 0 Å². The van der Waals surface area contributed by atoms with Gasteiger partial charge in [-0.1, -0.05) is 0 Å². The van der Waals surface area contributed by atoms with Gasteiger partial charge in [0.15, 0.2) is 25.2 Å². The van der Waals surface area contributed by atoms with E-state index in [1.165, 1.54) is 0 Å². The van der Waals surface area contributed by atoms with Crippen LogP contribution in [-0.2, 0) is 33.2 Å². The molecule has 0 aromatic rings. The van der Waals surface area contributed by atoms with Crippen molar-refractivity contribution in [1.82, 2.24) is 0 Å². The van der Waals surface area contributed by atoms with Crippen LogP contribution in [-0.4, -0.2) is 210 Å². The van der Waals surface area contributed by atoms with Crippen molar-refractivity contribution in [3.05, 3.63) is 0 Å². The molecule has 0 bridgehead atoms. The van der Waals surface area contributed by atoms with Crippen molar-refractivity contribution in [2.24, 2.45) is 0 Å². The van der Waals surface area contributed by atoms with Crippen LogP contribution < -0.4 is 0 Å². The van der Waals surface area contributed by atoms with E-state index in [0.717, 1.165) is 0 Å². The summed E-state index contributed by atoms with van der Waals surface area (Å²) in [7, 11) is 0. The molecule has 4 heterocycles. The molecule has 20 nitrogen and oxygen atoms in total. The Hall–Kier alpha value is -0.800. The Morgan fingerprint density at radius 1 is 0.442 bits per heavy atom. The Bertz CT molecular complexity index is 867. The van der Waals surface area contributed by atoms with Gasteiger partial charge in [0.2, 0.25) is 0 Å². The Kier molecular flexibility index (Phi) is 12.0. The number of ether oxygens (including phenoxy) is 7. The van der Waals surface area contributed by atoms with Gasteiger partial charge in [-0.25, -0.2) is 0 Å². The number of rotatable bonds is 9. The number of aliphatic hydroxyl groups is 13. The third-order valence-electron chi connectivity index (χ3n) is 7.81. The van der Waals surface area contributed by atoms with Crippen LogP contribution in [0.2, 0.25) is 0 Å². The topological polar surface area (TPSA) is 328 Å². The molecule has 1 unspecified atom stereocenters. The average molecular weight is 637 g/mol. The maximum absolute atomic E-state index is 11.1. The molecule has 0 spiro atoms. The molecule has 20 heteroatoms. The van der Waals surface area contributed by atoms with Crippen LogP contribution in [0.5, 0.6) is 0 Å². The van der Waals surface area contributed by atoms with Crippen LogP contribution in [0.3, 0.4) is 0 Å². The average Bonchev–Trinajstić information content (AvgIpc) is 2.99. The molecular weight excluding hydrogens is 596 g/mol. The summed E-state index contributed by atoms with van der Waals surface area (Å²) in [6, 6.07) is 0. The summed E-state index contributed by atoms with van der Waals surface area (Å²) in [4.78, 5) is 0. The summed E-state index contributed by atoms with van der Waals surface area (Å²) in [6.45, 7) is -3.11. The second-order valence-electron chi connectivity index (χ2n) is 10.7. The van der Waals surface area contributed by atoms with E-state index in [0.29, 0.717) is 0 Å². The van der Waals surface area contributed by atoms with E-state index in [1.807, 2.05) is 0 Å². The van der Waals surface area contributed by atoms with Gasteiger partial charge in [-0.3, -0.25) is 0 Å². The summed E-state index contributed by atoms with van der Waals surface area (Å²) in [5, 5.41) is 132. The zero-order valence-electron chi connectivity index (χ0n) is 22.5. The minimum atomic E-state index is -1.97. The quantitative estimate of drug-likeness (QED) is 0.112. The second kappa shape index (κ2) is 14.7. The van der Waals surface area contributed by atoms with Crippen molar-refractivity contribution in [1.29, 1.82) is 0 Å². The zero-order chi connectivity index (χ0) is 31.7. The summed E-state index contributed by atoms with van der Waals surface area (Å²) in [6.07, 6.45) is -33.8. The Morgan fingerprint density at radius 2 is 0.977 bits per heavy atom. The maximum atomic E-state index is 11.1. The SMILES string of the molecule is OC[C@H]1O[C@@H](O[C@H]2[C@H](O)[C@@H](CO)O[C@@H](O[C@H]3[C@H](O)[C@@H](O)C(O)O[C@@H]3CO)[C@H]2O[C@@H]2OC[C@@H](O)[C@H](O)[C@H]2O)[C@@H](O)[C@@H](O)[C@@H]1O. The monoisotopic (exact) mass is 636 g/mol. The highest BCUT2D eigenvalue weighted by Gasteiger charge is 2.55. The van der Waals surface area contributed by atoms with Crippen LogP contribution in [0.4, 0.5) is 0 Å². The first-order valence-corrected chi connectivity index (χ1v) is 13.5. The van der Waals surface area contributed by atoms with Gasteiger partial charge >= 0.3 is 0 Å². The highest BCUT2D eigenvalue weighted by molar-refractivity contribution is 4.98. The summed E-state index contributed by atoms with van der Waals surface area (Å²) in [5.74, 6) is 0. The Morgan fingerprint density at radius 3 is 1.60 bits per heavy atom. The lowest BCUT2D eigenvalue weighted by Crippen LogP contribution is -2.68. The van der Waals surface area contributed by atoms with Gasteiger partial charge in [0, 0.05) is 0 Å². The molecule has 4 fully saturated rings. The highest BCUT2D eigenvalue weighted by Crippen LogP contribution is 2.35. The van der Waals surface area contributed by atoms with Gasteiger partial charge in [0.1, 0.15) is 91.6 Å². The molecule has 252 valence electrons. The van der Waals surface area contributed by atoms with Gasteiger partial charge in [-0.2, -0.15) is 0 Å². The second-order valence-corrected chi connectivity index (χ2v) is 10.7. The fraction of sp³-hybridized carbons (Fsp3) is 1.00. The van der Waals surface area contributed by atoms with Crippen molar-refractivity contribution in [2.75, 3.05) is 26.4 Å². The first-order chi connectivity index (χ1) is 20.3. The molecule has 4 aliphatic heterocycles. The van der Waals surface area contributed by atoms with Crippen LogP contribution in [0.15, 0.2) is 0 Å². The third kappa shape index (κ3) is 7.13. The van der Waals surface area contributed by atoms with Crippen LogP contribution in [0.1, 0.15) is 0 Å². The molecular formula is C23H40O20. The molecule has 43 heavy (non-hydrogen) atoms. The predicted molar refractivity (Wildman–Crippen MR) is 128 cm³/mol. The molecule has 19 atom stereocenters. The highest BCUT2D eigenvalue weighted by atomic mass is 16.8. The van der Waals surface area contributed by atoms with Crippen LogP contribution in [0, 0.1) is 0 Å². The number of hydrogen-bond acceptors (Lipinski definition) is 20. The van der Waals surface area contributed by atoms with E-state index >= 15 is 0 Å². The van der Waals surface area contributed by atoms with E-state index in [1.54, 1.807) is 0 Å². The van der Waals surface area contributed by atoms with E-state index in [9.17, 15) is 66.4 Å². The van der Waals surface area contributed by atoms with Crippen molar-refractivity contribution >= 4 is 0 Å². The summed E-state index contributed by atoms with van der Waals surface area (Å²) < 4.78 is 38.6. The molecule has 0 saturated carbocycles. The van der Waals surface area contributed by atoms with Crippen molar-refractivity contribution < 1.29 is 99.5 Å². The lowest BCUT2D eigenvalue weighted by atomic mass is 9.95. The van der Waals surface area contributed by atoms with Crippen molar-refractivity contribution in [2.45, 2.75) is 117 Å². The minimum absolute atomic E-state index is 0.534. The fourth-order valence-corrected chi connectivity index (χ4v) is 5.23. The molecule has 4 aliphatic rings. The zero-order valence-corrected chi connectivity index (χ0v) is 22.5. The maximum Gasteiger partial charge on any atom is 0.187 e. The standard InChI is InChI=1S/C23H40O20/c24-1-6-10(29)12(31)16(35)22(39-6)42-18-11(30)7(2-25)40-23(19(18)43-21-15(34)9(28)5(27)4-37-21)41-17-8(3-26)38-20(36)14(33)13(17)32/h5-36H,1-4H2/t5-,6-,7-,8-,9+,10-,11-,12+,13-,14-,15-,16+,17-,18+,19+,20?,21+,22+,23+/m1/s1. The number of aliphatic hydroxyl groups excluding tert-OH is 13. The molecule has 0 aromatic carbocycles. The summed E-state index contributed by atoms with van der Waals surface area (Å²) in [5.41, 5.74) is 0. The van der Waals surface area contributed by atoms with Gasteiger partial charge in [0.05, 0.1) is 26.4 Å². The largest absolute Gasteiger partial charge is 0.394 e. The molecule has 0 amide bonds. The smallest absolute Gasteiger partial charge is 0.187 e. The lowest BCUT2D eigenvalue weighted by molar-refractivity contribution is -0.401. The van der Waals surface area contributed by atoms with E-state index in [2.05, 4.69) is 0 Å². The van der Waals surface area contributed by atoms with Gasteiger partial charge in [-0.05, 0) is 0 Å². The molecule has 4 rings (SSSR count). The van der Waals surface area contributed by atoms with E-state index in [-0.39, 0.29) is 0 Å². The predicted octanol–water partition coefficient (Wildman–Crippen LogP) is -9.11. The van der Waals surface area contributed by atoms with Gasteiger partial charge in [0.25, 0.3) is 0 Å². The molecule has 13 N–H and O–H groups in total. The molecule has 0 aromatic heterocycles. The van der Waals surface area contributed by atoms with E-state index in [4.69, 9.17) is 33.2 Å². The molecule has 0 aliphatic carbocycles. The lowest BCUT2D eigenvalue weighted by Gasteiger charge is -2.50. The Labute approximate surface area is 243 Å². The number of hydrogen-bond donors (Lipinski definition) is 13. The molecule has 4 saturated heterocycles. The Balaban J connectivity index is 1.67. The van der Waals surface area contributed by atoms with Gasteiger partial charge < -0.3 is 99.5 Å². The van der Waals surface area contributed by atoms with E-state index < -0.39 is 143 Å². The first kappa shape index (κ1) is 35.1. The third-order valence-corrected chi connectivity index (χ3v) is 7.81. The minimum Gasteiger partial charge on any atom is -0.394 e. The fourth-order valence-electron chi connectivity index (χ4n) is 5.23. The van der Waals surface area contributed by atoms with Crippen LogP contribution in [0.25, 0.3) is 0 Å². The van der Waals surface area contributed by atoms with Gasteiger partial charge in [-0.15, -0.1) is 0 Å².